The van der Waals surface area contributed by atoms with E-state index >= 15 is 0 Å². The minimum Gasteiger partial charge on any atom is -0.481 e. The topological polar surface area (TPSA) is 139 Å². The van der Waals surface area contributed by atoms with Gasteiger partial charge in [-0.2, -0.15) is 0 Å². The van der Waals surface area contributed by atoms with Gasteiger partial charge in [0.25, 0.3) is 11.6 Å². The molecule has 1 aromatic rings. The predicted molar refractivity (Wildman–Crippen MR) is 79.8 cm³/mol. The fourth-order valence-electron chi connectivity index (χ4n) is 1.60. The smallest absolute Gasteiger partial charge is 0.308 e. The van der Waals surface area contributed by atoms with Crippen LogP contribution in [0.5, 0.6) is 0 Å². The molecule has 0 aliphatic heterocycles. The van der Waals surface area contributed by atoms with Crippen molar-refractivity contribution in [2.45, 2.75) is 19.9 Å². The first kappa shape index (κ1) is 18.1. The zero-order valence-corrected chi connectivity index (χ0v) is 12.6. The molecule has 0 radical (unpaired) electrons. The SMILES string of the molecule is CC(CNC(=O)C(C)NC(=O)c1cccc([N+](=O)[O-])c1)C(=O)O. The molecule has 1 rings (SSSR count). The first-order valence-corrected chi connectivity index (χ1v) is 6.78. The third-order valence-electron chi connectivity index (χ3n) is 3.06. The Balaban J connectivity index is 2.62. The van der Waals surface area contributed by atoms with Crippen LogP contribution in [-0.4, -0.2) is 40.4 Å². The van der Waals surface area contributed by atoms with Gasteiger partial charge in [0.05, 0.1) is 10.8 Å². The van der Waals surface area contributed by atoms with Crippen molar-refractivity contribution in [2.75, 3.05) is 6.54 Å². The van der Waals surface area contributed by atoms with E-state index in [4.69, 9.17) is 5.11 Å². The number of hydrogen-bond donors (Lipinski definition) is 3. The predicted octanol–water partition coefficient (Wildman–Crippen LogP) is 0.550. The van der Waals surface area contributed by atoms with Crippen LogP contribution in [0.25, 0.3) is 0 Å². The molecule has 0 aliphatic carbocycles. The van der Waals surface area contributed by atoms with E-state index in [1.54, 1.807) is 0 Å². The Hall–Kier alpha value is -2.97. The Labute approximate surface area is 131 Å². The number of carbonyl (C=O) groups excluding carboxylic acids is 2. The van der Waals surface area contributed by atoms with Crippen molar-refractivity contribution in [3.8, 4) is 0 Å². The van der Waals surface area contributed by atoms with E-state index in [2.05, 4.69) is 10.6 Å². The van der Waals surface area contributed by atoms with Gasteiger partial charge in [-0.25, -0.2) is 0 Å². The Morgan fingerprint density at radius 3 is 2.52 bits per heavy atom. The summed E-state index contributed by atoms with van der Waals surface area (Å²) in [6.07, 6.45) is 0. The standard InChI is InChI=1S/C14H17N3O6/c1-8(14(20)21)7-15-12(18)9(2)16-13(19)10-4-3-5-11(6-10)17(22)23/h3-6,8-9H,7H2,1-2H3,(H,15,18)(H,16,19)(H,20,21). The first-order chi connectivity index (χ1) is 10.7. The number of aliphatic carboxylic acids is 1. The Morgan fingerprint density at radius 2 is 1.96 bits per heavy atom. The van der Waals surface area contributed by atoms with Gasteiger partial charge in [-0.05, 0) is 13.0 Å². The van der Waals surface area contributed by atoms with Gasteiger partial charge in [0.15, 0.2) is 0 Å². The molecule has 9 heteroatoms. The summed E-state index contributed by atoms with van der Waals surface area (Å²) in [6.45, 7) is 2.80. The van der Waals surface area contributed by atoms with Crippen molar-refractivity contribution in [3.05, 3.63) is 39.9 Å². The van der Waals surface area contributed by atoms with Gasteiger partial charge in [0.1, 0.15) is 6.04 Å². The molecular formula is C14H17N3O6. The second-order valence-corrected chi connectivity index (χ2v) is 4.99. The molecule has 2 amide bonds. The number of nitrogens with one attached hydrogen (secondary N) is 2. The van der Waals surface area contributed by atoms with Gasteiger partial charge >= 0.3 is 5.97 Å². The van der Waals surface area contributed by atoms with Crippen LogP contribution in [0.3, 0.4) is 0 Å². The van der Waals surface area contributed by atoms with E-state index in [0.717, 1.165) is 6.07 Å². The van der Waals surface area contributed by atoms with Crippen LogP contribution < -0.4 is 10.6 Å². The lowest BCUT2D eigenvalue weighted by molar-refractivity contribution is -0.384. The maximum atomic E-state index is 12.0. The lowest BCUT2D eigenvalue weighted by atomic mass is 10.1. The molecule has 3 N–H and O–H groups in total. The summed E-state index contributed by atoms with van der Waals surface area (Å²) in [6, 6.07) is 4.20. The molecule has 0 saturated heterocycles. The van der Waals surface area contributed by atoms with Crippen LogP contribution in [0.15, 0.2) is 24.3 Å². The highest BCUT2D eigenvalue weighted by Gasteiger charge is 2.19. The second kappa shape index (κ2) is 7.87. The number of nitro benzene ring substituents is 1. The first-order valence-electron chi connectivity index (χ1n) is 6.78. The Bertz CT molecular complexity index is 631. The van der Waals surface area contributed by atoms with Gasteiger partial charge < -0.3 is 15.7 Å². The molecule has 9 nitrogen and oxygen atoms in total. The zero-order valence-electron chi connectivity index (χ0n) is 12.6. The molecule has 0 bridgehead atoms. The Kier molecular flexibility index (Phi) is 6.19. The van der Waals surface area contributed by atoms with Crippen LogP contribution >= 0.6 is 0 Å². The number of carboxylic acid groups (broad SMARTS) is 1. The summed E-state index contributed by atoms with van der Waals surface area (Å²) in [5.41, 5.74) is -0.178. The lowest BCUT2D eigenvalue weighted by Gasteiger charge is -2.15. The molecule has 0 aliphatic rings. The molecule has 0 saturated carbocycles. The van der Waals surface area contributed by atoms with Crippen LogP contribution in [0.1, 0.15) is 24.2 Å². The average molecular weight is 323 g/mol. The van der Waals surface area contributed by atoms with Crippen molar-refractivity contribution in [1.82, 2.24) is 10.6 Å². The molecular weight excluding hydrogens is 306 g/mol. The largest absolute Gasteiger partial charge is 0.481 e. The minimum atomic E-state index is -1.04. The summed E-state index contributed by atoms with van der Waals surface area (Å²) in [4.78, 5) is 44.5. The van der Waals surface area contributed by atoms with Crippen molar-refractivity contribution in [3.63, 3.8) is 0 Å². The van der Waals surface area contributed by atoms with Gasteiger partial charge in [-0.15, -0.1) is 0 Å². The lowest BCUT2D eigenvalue weighted by Crippen LogP contribution is -2.46. The van der Waals surface area contributed by atoms with Crippen LogP contribution in [0.4, 0.5) is 5.69 Å². The van der Waals surface area contributed by atoms with Crippen molar-refractivity contribution in [2.24, 2.45) is 5.92 Å². The van der Waals surface area contributed by atoms with Gasteiger partial charge in [0.2, 0.25) is 5.91 Å². The second-order valence-electron chi connectivity index (χ2n) is 4.99. The number of carbonyl (C=O) groups is 3. The van der Waals surface area contributed by atoms with Crippen molar-refractivity contribution < 1.29 is 24.4 Å². The summed E-state index contributed by atoms with van der Waals surface area (Å²) in [5.74, 6) is -2.98. The fraction of sp³-hybridized carbons (Fsp3) is 0.357. The van der Waals surface area contributed by atoms with E-state index in [-0.39, 0.29) is 17.8 Å². The van der Waals surface area contributed by atoms with Crippen LogP contribution in [0, 0.1) is 16.0 Å². The highest BCUT2D eigenvalue weighted by Crippen LogP contribution is 2.13. The molecule has 2 unspecified atom stereocenters. The number of benzene rings is 1. The summed E-state index contributed by atoms with van der Waals surface area (Å²) in [7, 11) is 0. The van der Waals surface area contributed by atoms with E-state index in [9.17, 15) is 24.5 Å². The molecule has 0 fully saturated rings. The third kappa shape index (κ3) is 5.38. The summed E-state index contributed by atoms with van der Waals surface area (Å²) >= 11 is 0. The van der Waals surface area contributed by atoms with Gasteiger partial charge in [0, 0.05) is 24.2 Å². The van der Waals surface area contributed by atoms with Gasteiger partial charge in [-0.1, -0.05) is 13.0 Å². The molecule has 23 heavy (non-hydrogen) atoms. The van der Waals surface area contributed by atoms with Crippen molar-refractivity contribution >= 4 is 23.5 Å². The number of nitrogens with zero attached hydrogens (tertiary/aromatic N) is 1. The summed E-state index contributed by atoms with van der Waals surface area (Å²) < 4.78 is 0. The zero-order chi connectivity index (χ0) is 17.6. The molecule has 0 aromatic heterocycles. The van der Waals surface area contributed by atoms with Crippen LogP contribution in [0.2, 0.25) is 0 Å². The molecule has 124 valence electrons. The summed E-state index contributed by atoms with van der Waals surface area (Å²) in [5, 5.41) is 24.2. The highest BCUT2D eigenvalue weighted by molar-refractivity contribution is 5.97. The Morgan fingerprint density at radius 1 is 1.30 bits per heavy atom. The van der Waals surface area contributed by atoms with E-state index in [1.807, 2.05) is 0 Å². The van der Waals surface area contributed by atoms with E-state index in [0.29, 0.717) is 0 Å². The minimum absolute atomic E-state index is 0.0535. The highest BCUT2D eigenvalue weighted by atomic mass is 16.6. The number of carboxylic acids is 1. The number of rotatable bonds is 7. The van der Waals surface area contributed by atoms with E-state index < -0.39 is 34.7 Å². The number of hydrogen-bond acceptors (Lipinski definition) is 5. The maximum absolute atomic E-state index is 12.0. The van der Waals surface area contributed by atoms with Crippen LogP contribution in [-0.2, 0) is 9.59 Å². The molecule has 0 spiro atoms. The number of nitro groups is 1. The average Bonchev–Trinajstić information content (AvgIpc) is 2.51. The number of non-ortho nitro benzene ring substituents is 1. The maximum Gasteiger partial charge on any atom is 0.308 e. The van der Waals surface area contributed by atoms with E-state index in [1.165, 1.54) is 32.0 Å². The molecule has 0 heterocycles. The molecule has 1 aromatic carbocycles. The van der Waals surface area contributed by atoms with Crippen molar-refractivity contribution in [1.29, 1.82) is 0 Å². The third-order valence-corrected chi connectivity index (χ3v) is 3.06. The quantitative estimate of drug-likeness (QED) is 0.494. The fourth-order valence-corrected chi connectivity index (χ4v) is 1.60. The van der Waals surface area contributed by atoms with Gasteiger partial charge in [-0.3, -0.25) is 24.5 Å². The number of amides is 2. The normalized spacial score (nSPS) is 12.8. The monoisotopic (exact) mass is 323 g/mol. The molecule has 2 atom stereocenters.